The van der Waals surface area contributed by atoms with Crippen LogP contribution in [-0.4, -0.2) is 12.9 Å². The fourth-order valence-corrected chi connectivity index (χ4v) is 2.51. The van der Waals surface area contributed by atoms with Gasteiger partial charge in [0.05, 0.1) is 11.6 Å². The van der Waals surface area contributed by atoms with Crippen LogP contribution in [-0.2, 0) is 6.42 Å². The summed E-state index contributed by atoms with van der Waals surface area (Å²) in [7, 11) is 1.62. The number of aryl methyl sites for hydroxylation is 1. The summed E-state index contributed by atoms with van der Waals surface area (Å²) in [5.41, 5.74) is 2.83. The molecule has 2 nitrogen and oxygen atoms in total. The van der Waals surface area contributed by atoms with E-state index in [0.717, 1.165) is 26.9 Å². The third kappa shape index (κ3) is 3.44. The summed E-state index contributed by atoms with van der Waals surface area (Å²) >= 11 is 3.43. The summed E-state index contributed by atoms with van der Waals surface area (Å²) in [5, 5.41) is 0. The van der Waals surface area contributed by atoms with E-state index in [1.165, 1.54) is 0 Å². The van der Waals surface area contributed by atoms with Crippen molar-refractivity contribution < 1.29 is 9.53 Å². The van der Waals surface area contributed by atoms with Gasteiger partial charge in [-0.2, -0.15) is 0 Å². The van der Waals surface area contributed by atoms with E-state index in [9.17, 15) is 4.79 Å². The molecule has 0 N–H and O–H groups in total. The number of carbonyl (C=O) groups excluding carboxylic acids is 1. The maximum Gasteiger partial charge on any atom is 0.167 e. The van der Waals surface area contributed by atoms with Crippen LogP contribution in [0.1, 0.15) is 21.5 Å². The standard InChI is InChI=1S/C16H15BrO2/c1-11-4-3-5-13(8-11)15(18)10-12-6-7-16(19-2)14(17)9-12/h3-9H,10H2,1-2H3. The van der Waals surface area contributed by atoms with E-state index in [2.05, 4.69) is 15.9 Å². The van der Waals surface area contributed by atoms with E-state index < -0.39 is 0 Å². The van der Waals surface area contributed by atoms with Gasteiger partial charge < -0.3 is 4.74 Å². The molecule has 2 rings (SSSR count). The van der Waals surface area contributed by atoms with Crippen LogP contribution in [0, 0.1) is 6.92 Å². The first-order valence-electron chi connectivity index (χ1n) is 6.02. The molecule has 2 aromatic carbocycles. The first-order valence-corrected chi connectivity index (χ1v) is 6.81. The molecule has 0 aliphatic rings. The summed E-state index contributed by atoms with van der Waals surface area (Å²) in [6, 6.07) is 13.4. The molecule has 0 aliphatic heterocycles. The van der Waals surface area contributed by atoms with Crippen LogP contribution in [0.25, 0.3) is 0 Å². The maximum atomic E-state index is 12.2. The molecule has 3 heteroatoms. The quantitative estimate of drug-likeness (QED) is 0.790. The predicted octanol–water partition coefficient (Wildman–Crippen LogP) is 4.19. The van der Waals surface area contributed by atoms with Crippen LogP contribution in [0.3, 0.4) is 0 Å². The molecule has 0 aromatic heterocycles. The first-order chi connectivity index (χ1) is 9.10. The van der Waals surface area contributed by atoms with Gasteiger partial charge in [0, 0.05) is 12.0 Å². The Labute approximate surface area is 121 Å². The van der Waals surface area contributed by atoms with E-state index in [1.54, 1.807) is 7.11 Å². The van der Waals surface area contributed by atoms with Crippen LogP contribution in [0.2, 0.25) is 0 Å². The Morgan fingerprint density at radius 2 is 2.00 bits per heavy atom. The van der Waals surface area contributed by atoms with E-state index in [0.29, 0.717) is 6.42 Å². The number of ether oxygens (including phenoxy) is 1. The summed E-state index contributed by atoms with van der Waals surface area (Å²) in [5.74, 6) is 0.896. The third-order valence-electron chi connectivity index (χ3n) is 2.92. The smallest absolute Gasteiger partial charge is 0.167 e. The lowest BCUT2D eigenvalue weighted by Crippen LogP contribution is -2.03. The lowest BCUT2D eigenvalue weighted by atomic mass is 10.0. The fourth-order valence-electron chi connectivity index (χ4n) is 1.93. The Morgan fingerprint density at radius 1 is 1.21 bits per heavy atom. The molecular formula is C16H15BrO2. The van der Waals surface area contributed by atoms with Gasteiger partial charge in [0.25, 0.3) is 0 Å². The number of hydrogen-bond donors (Lipinski definition) is 0. The molecule has 2 aromatic rings. The van der Waals surface area contributed by atoms with Crippen LogP contribution in [0.15, 0.2) is 46.9 Å². The number of carbonyl (C=O) groups is 1. The monoisotopic (exact) mass is 318 g/mol. The van der Waals surface area contributed by atoms with Crippen LogP contribution < -0.4 is 4.74 Å². The Morgan fingerprint density at radius 3 is 2.63 bits per heavy atom. The van der Waals surface area contributed by atoms with Crippen molar-refractivity contribution in [2.24, 2.45) is 0 Å². The molecular weight excluding hydrogens is 304 g/mol. The van der Waals surface area contributed by atoms with E-state index in [4.69, 9.17) is 4.74 Å². The second-order valence-electron chi connectivity index (χ2n) is 4.44. The molecule has 0 bridgehead atoms. The molecule has 0 aliphatic carbocycles. The van der Waals surface area contributed by atoms with Gasteiger partial charge >= 0.3 is 0 Å². The van der Waals surface area contributed by atoms with Crippen molar-refractivity contribution in [3.8, 4) is 5.75 Å². The lowest BCUT2D eigenvalue weighted by molar-refractivity contribution is 0.0993. The SMILES string of the molecule is COc1ccc(CC(=O)c2cccc(C)c2)cc1Br. The molecule has 98 valence electrons. The Kier molecular flexibility index (Phi) is 4.38. The van der Waals surface area contributed by atoms with Gasteiger partial charge in [-0.05, 0) is 46.6 Å². The summed E-state index contributed by atoms with van der Waals surface area (Å²) in [4.78, 5) is 12.2. The minimum absolute atomic E-state index is 0.126. The summed E-state index contributed by atoms with van der Waals surface area (Å²) in [6.45, 7) is 1.99. The average Bonchev–Trinajstić information content (AvgIpc) is 2.39. The summed E-state index contributed by atoms with van der Waals surface area (Å²) < 4.78 is 6.04. The largest absolute Gasteiger partial charge is 0.496 e. The number of rotatable bonds is 4. The van der Waals surface area contributed by atoms with E-state index in [1.807, 2.05) is 49.4 Å². The molecule has 0 spiro atoms. The highest BCUT2D eigenvalue weighted by Gasteiger charge is 2.09. The van der Waals surface area contributed by atoms with Crippen molar-refractivity contribution in [2.75, 3.05) is 7.11 Å². The van der Waals surface area contributed by atoms with Crippen LogP contribution in [0.4, 0.5) is 0 Å². The van der Waals surface area contributed by atoms with Crippen molar-refractivity contribution in [3.05, 3.63) is 63.6 Å². The molecule has 0 radical (unpaired) electrons. The van der Waals surface area contributed by atoms with Gasteiger partial charge in [0.15, 0.2) is 5.78 Å². The van der Waals surface area contributed by atoms with E-state index in [-0.39, 0.29) is 5.78 Å². The maximum absolute atomic E-state index is 12.2. The molecule has 0 saturated heterocycles. The Balaban J connectivity index is 2.17. The average molecular weight is 319 g/mol. The van der Waals surface area contributed by atoms with Gasteiger partial charge in [0.1, 0.15) is 5.75 Å². The first kappa shape index (κ1) is 13.8. The molecule has 0 unspecified atom stereocenters. The fraction of sp³-hybridized carbons (Fsp3) is 0.188. The number of benzene rings is 2. The van der Waals surface area contributed by atoms with Crippen molar-refractivity contribution in [2.45, 2.75) is 13.3 Å². The molecule has 0 atom stereocenters. The Hall–Kier alpha value is -1.61. The van der Waals surface area contributed by atoms with Gasteiger partial charge in [-0.15, -0.1) is 0 Å². The number of halogens is 1. The highest BCUT2D eigenvalue weighted by atomic mass is 79.9. The topological polar surface area (TPSA) is 26.3 Å². The third-order valence-corrected chi connectivity index (χ3v) is 3.54. The van der Waals surface area contributed by atoms with Gasteiger partial charge in [-0.3, -0.25) is 4.79 Å². The van der Waals surface area contributed by atoms with Crippen molar-refractivity contribution in [3.63, 3.8) is 0 Å². The van der Waals surface area contributed by atoms with Crippen molar-refractivity contribution >= 4 is 21.7 Å². The van der Waals surface area contributed by atoms with Crippen molar-refractivity contribution in [1.29, 1.82) is 0 Å². The highest BCUT2D eigenvalue weighted by Crippen LogP contribution is 2.26. The molecule has 0 amide bonds. The van der Waals surface area contributed by atoms with Crippen molar-refractivity contribution in [1.82, 2.24) is 0 Å². The number of ketones is 1. The molecule has 0 heterocycles. The summed E-state index contributed by atoms with van der Waals surface area (Å²) in [6.07, 6.45) is 0.395. The Bertz CT molecular complexity index is 605. The second kappa shape index (κ2) is 6.02. The normalized spacial score (nSPS) is 10.3. The van der Waals surface area contributed by atoms with Crippen LogP contribution in [0.5, 0.6) is 5.75 Å². The predicted molar refractivity (Wildman–Crippen MR) is 79.9 cm³/mol. The molecule has 0 fully saturated rings. The highest BCUT2D eigenvalue weighted by molar-refractivity contribution is 9.10. The zero-order chi connectivity index (χ0) is 13.8. The van der Waals surface area contributed by atoms with E-state index >= 15 is 0 Å². The number of hydrogen-bond acceptors (Lipinski definition) is 2. The minimum atomic E-state index is 0.126. The lowest BCUT2D eigenvalue weighted by Gasteiger charge is -2.06. The van der Waals surface area contributed by atoms with Gasteiger partial charge in [0.2, 0.25) is 0 Å². The zero-order valence-corrected chi connectivity index (χ0v) is 12.5. The second-order valence-corrected chi connectivity index (χ2v) is 5.29. The molecule has 0 saturated carbocycles. The van der Waals surface area contributed by atoms with Crippen LogP contribution >= 0.6 is 15.9 Å². The van der Waals surface area contributed by atoms with Gasteiger partial charge in [-0.25, -0.2) is 0 Å². The minimum Gasteiger partial charge on any atom is -0.496 e. The zero-order valence-electron chi connectivity index (χ0n) is 10.9. The number of methoxy groups -OCH3 is 1. The molecule has 19 heavy (non-hydrogen) atoms. The number of Topliss-reactive ketones (excluding diaryl/α,β-unsaturated/α-hetero) is 1. The van der Waals surface area contributed by atoms with Gasteiger partial charge in [-0.1, -0.05) is 29.8 Å².